The molecule has 0 amide bonds. The molecule has 0 N–H and O–H groups in total. The van der Waals surface area contributed by atoms with Crippen LogP contribution in [0.3, 0.4) is 0 Å². The fraction of sp³-hybridized carbons (Fsp3) is 0.804. The zero-order valence-corrected chi connectivity index (χ0v) is 41.1. The van der Waals surface area contributed by atoms with Crippen molar-refractivity contribution >= 4 is 17.9 Å². The maximum absolute atomic E-state index is 12.8. The minimum absolute atomic E-state index is 0.0849. The van der Waals surface area contributed by atoms with Crippen LogP contribution in [-0.2, 0) is 28.6 Å². The quantitative estimate of drug-likeness (QED) is 0.0262. The van der Waals surface area contributed by atoms with Gasteiger partial charge in [-0.3, -0.25) is 14.4 Å². The lowest BCUT2D eigenvalue weighted by molar-refractivity contribution is -0.167. The largest absolute Gasteiger partial charge is 0.462 e. The SMILES string of the molecule is CCCC/C=C\C/C=C\CCCCCCCC(=O)O[C@H](COC(=O)CCCCCCC/C=C\CCCCCCC)COC(=O)CCCCCCC/C=C\CCCCCCCCC. The van der Waals surface area contributed by atoms with Crippen molar-refractivity contribution in [2.45, 2.75) is 277 Å². The van der Waals surface area contributed by atoms with E-state index in [2.05, 4.69) is 69.4 Å². The molecule has 0 fully saturated rings. The molecule has 0 radical (unpaired) electrons. The van der Waals surface area contributed by atoms with E-state index in [0.717, 1.165) is 96.3 Å². The maximum Gasteiger partial charge on any atom is 0.306 e. The number of hydrogen-bond acceptors (Lipinski definition) is 6. The summed E-state index contributed by atoms with van der Waals surface area (Å²) in [7, 11) is 0. The molecule has 0 aromatic carbocycles. The van der Waals surface area contributed by atoms with Crippen molar-refractivity contribution in [3.05, 3.63) is 48.6 Å². The Hall–Kier alpha value is -2.63. The summed E-state index contributed by atoms with van der Waals surface area (Å²) in [6.45, 7) is 6.57. The van der Waals surface area contributed by atoms with Gasteiger partial charge in [-0.2, -0.15) is 0 Å². The van der Waals surface area contributed by atoms with Crippen LogP contribution in [-0.4, -0.2) is 37.2 Å². The Labute approximate surface area is 384 Å². The lowest BCUT2D eigenvalue weighted by Crippen LogP contribution is -2.30. The highest BCUT2D eigenvalue weighted by molar-refractivity contribution is 5.71. The van der Waals surface area contributed by atoms with Gasteiger partial charge in [0.25, 0.3) is 0 Å². The second kappa shape index (κ2) is 51.0. The first-order valence-corrected chi connectivity index (χ1v) is 26.6. The number of ether oxygens (including phenoxy) is 3. The normalized spacial score (nSPS) is 12.4. The van der Waals surface area contributed by atoms with Crippen LogP contribution in [0.15, 0.2) is 48.6 Å². The standard InChI is InChI=1S/C56H100O6/c1-4-7-10-13-16-19-22-25-28-29-32-34-37-40-43-46-49-55(58)61-52-53(62-56(59)50-47-44-41-38-35-31-27-24-21-18-15-12-9-6-3)51-60-54(57)48-45-42-39-36-33-30-26-23-20-17-14-11-8-5-2/h15,18,23-24,26-29,53H,4-14,16-17,19-22,25,30-52H2,1-3H3/b18-15-,26-23-,27-24-,29-28-/t53-/m1/s1. The first kappa shape index (κ1) is 59.4. The van der Waals surface area contributed by atoms with Gasteiger partial charge in [0.1, 0.15) is 13.2 Å². The van der Waals surface area contributed by atoms with Gasteiger partial charge in [-0.25, -0.2) is 0 Å². The van der Waals surface area contributed by atoms with Gasteiger partial charge in [-0.15, -0.1) is 0 Å². The number of carbonyl (C=O) groups is 3. The summed E-state index contributed by atoms with van der Waals surface area (Å²) in [5.74, 6) is -0.908. The molecule has 0 heterocycles. The predicted molar refractivity (Wildman–Crippen MR) is 265 cm³/mol. The lowest BCUT2D eigenvalue weighted by Gasteiger charge is -2.18. The topological polar surface area (TPSA) is 78.9 Å². The number of carbonyl (C=O) groups excluding carboxylic acids is 3. The van der Waals surface area contributed by atoms with Gasteiger partial charge < -0.3 is 14.2 Å². The molecule has 360 valence electrons. The van der Waals surface area contributed by atoms with Crippen molar-refractivity contribution < 1.29 is 28.6 Å². The molecular formula is C56H100O6. The molecule has 0 aliphatic rings. The molecule has 0 spiro atoms. The Morgan fingerprint density at radius 2 is 0.597 bits per heavy atom. The second-order valence-corrected chi connectivity index (χ2v) is 17.8. The third-order valence-electron chi connectivity index (χ3n) is 11.5. The van der Waals surface area contributed by atoms with Crippen molar-refractivity contribution in [2.24, 2.45) is 0 Å². The molecule has 0 aliphatic carbocycles. The van der Waals surface area contributed by atoms with Crippen LogP contribution in [0.25, 0.3) is 0 Å². The fourth-order valence-electron chi connectivity index (χ4n) is 7.45. The molecule has 1 atom stereocenters. The summed E-state index contributed by atoms with van der Waals surface area (Å²) in [6, 6.07) is 0. The zero-order chi connectivity index (χ0) is 45.1. The first-order chi connectivity index (χ1) is 30.5. The van der Waals surface area contributed by atoms with Crippen molar-refractivity contribution in [3.8, 4) is 0 Å². The minimum atomic E-state index is -0.785. The predicted octanol–water partition coefficient (Wildman–Crippen LogP) is 17.5. The summed E-state index contributed by atoms with van der Waals surface area (Å²) in [6.07, 6.45) is 60.9. The van der Waals surface area contributed by atoms with Crippen LogP contribution in [0, 0.1) is 0 Å². The Morgan fingerprint density at radius 1 is 0.323 bits per heavy atom. The molecule has 0 bridgehead atoms. The Kier molecular flexibility index (Phi) is 48.8. The molecule has 62 heavy (non-hydrogen) atoms. The molecular weight excluding hydrogens is 769 g/mol. The summed E-state index contributed by atoms with van der Waals surface area (Å²) >= 11 is 0. The zero-order valence-electron chi connectivity index (χ0n) is 41.1. The molecule has 0 aromatic heterocycles. The van der Waals surface area contributed by atoms with E-state index in [9.17, 15) is 14.4 Å². The Morgan fingerprint density at radius 3 is 0.952 bits per heavy atom. The van der Waals surface area contributed by atoms with Crippen LogP contribution in [0.4, 0.5) is 0 Å². The Balaban J connectivity index is 4.41. The van der Waals surface area contributed by atoms with Gasteiger partial charge in [-0.05, 0) is 96.3 Å². The average molecular weight is 869 g/mol. The van der Waals surface area contributed by atoms with Gasteiger partial charge in [0, 0.05) is 19.3 Å². The number of allylic oxidation sites excluding steroid dienone is 8. The van der Waals surface area contributed by atoms with E-state index < -0.39 is 6.10 Å². The van der Waals surface area contributed by atoms with Crippen molar-refractivity contribution in [1.29, 1.82) is 0 Å². The third-order valence-corrected chi connectivity index (χ3v) is 11.5. The van der Waals surface area contributed by atoms with Crippen LogP contribution in [0.2, 0.25) is 0 Å². The van der Waals surface area contributed by atoms with Gasteiger partial charge in [0.2, 0.25) is 0 Å². The molecule has 6 heteroatoms. The van der Waals surface area contributed by atoms with E-state index in [4.69, 9.17) is 14.2 Å². The maximum atomic E-state index is 12.8. The summed E-state index contributed by atoms with van der Waals surface area (Å²) < 4.78 is 16.8. The molecule has 0 unspecified atom stereocenters. The van der Waals surface area contributed by atoms with Crippen LogP contribution in [0.1, 0.15) is 271 Å². The second-order valence-electron chi connectivity index (χ2n) is 17.8. The van der Waals surface area contributed by atoms with E-state index in [1.165, 1.54) is 135 Å². The highest BCUT2D eigenvalue weighted by Gasteiger charge is 2.19. The van der Waals surface area contributed by atoms with Gasteiger partial charge in [-0.1, -0.05) is 204 Å². The summed E-state index contributed by atoms with van der Waals surface area (Å²) in [5, 5.41) is 0. The van der Waals surface area contributed by atoms with E-state index in [1.807, 2.05) is 0 Å². The van der Waals surface area contributed by atoms with Crippen molar-refractivity contribution in [3.63, 3.8) is 0 Å². The molecule has 0 saturated carbocycles. The summed E-state index contributed by atoms with van der Waals surface area (Å²) in [4.78, 5) is 38.0. The molecule has 0 aliphatic heterocycles. The number of rotatable bonds is 48. The van der Waals surface area contributed by atoms with Crippen LogP contribution >= 0.6 is 0 Å². The minimum Gasteiger partial charge on any atom is -0.462 e. The molecule has 0 aromatic rings. The third kappa shape index (κ3) is 48.4. The highest BCUT2D eigenvalue weighted by atomic mass is 16.6. The van der Waals surface area contributed by atoms with E-state index in [0.29, 0.717) is 19.3 Å². The number of unbranched alkanes of at least 4 members (excludes halogenated alkanes) is 29. The summed E-state index contributed by atoms with van der Waals surface area (Å²) in [5.41, 5.74) is 0. The van der Waals surface area contributed by atoms with Crippen LogP contribution in [0.5, 0.6) is 0 Å². The van der Waals surface area contributed by atoms with Crippen LogP contribution < -0.4 is 0 Å². The fourth-order valence-corrected chi connectivity index (χ4v) is 7.45. The Bertz CT molecular complexity index is 1090. The molecule has 0 rings (SSSR count). The highest BCUT2D eigenvalue weighted by Crippen LogP contribution is 2.14. The molecule has 6 nitrogen and oxygen atoms in total. The van der Waals surface area contributed by atoms with E-state index in [-0.39, 0.29) is 31.1 Å². The average Bonchev–Trinajstić information content (AvgIpc) is 3.27. The first-order valence-electron chi connectivity index (χ1n) is 26.6. The molecule has 0 saturated heterocycles. The lowest BCUT2D eigenvalue weighted by atomic mass is 10.1. The monoisotopic (exact) mass is 869 g/mol. The van der Waals surface area contributed by atoms with E-state index >= 15 is 0 Å². The van der Waals surface area contributed by atoms with Crippen molar-refractivity contribution in [2.75, 3.05) is 13.2 Å². The van der Waals surface area contributed by atoms with Gasteiger partial charge in [0.05, 0.1) is 0 Å². The smallest absolute Gasteiger partial charge is 0.306 e. The van der Waals surface area contributed by atoms with Gasteiger partial charge in [0.15, 0.2) is 6.10 Å². The number of esters is 3. The number of hydrogen-bond donors (Lipinski definition) is 0. The van der Waals surface area contributed by atoms with E-state index in [1.54, 1.807) is 0 Å². The van der Waals surface area contributed by atoms with Crippen molar-refractivity contribution in [1.82, 2.24) is 0 Å². The van der Waals surface area contributed by atoms with Gasteiger partial charge >= 0.3 is 17.9 Å².